The Kier molecular flexibility index (Phi) is 4.71. The van der Waals surface area contributed by atoms with E-state index in [0.717, 1.165) is 42.1 Å². The highest BCUT2D eigenvalue weighted by Gasteiger charge is 2.11. The third kappa shape index (κ3) is 3.77. The average Bonchev–Trinajstić information content (AvgIpc) is 3.23. The summed E-state index contributed by atoms with van der Waals surface area (Å²) in [4.78, 5) is 8.44. The molecule has 3 aromatic rings. The molecule has 0 saturated carbocycles. The van der Waals surface area contributed by atoms with Gasteiger partial charge in [-0.2, -0.15) is 5.10 Å². The van der Waals surface area contributed by atoms with Crippen molar-refractivity contribution in [2.75, 3.05) is 11.9 Å². The van der Waals surface area contributed by atoms with Gasteiger partial charge in [0.2, 0.25) is 0 Å². The summed E-state index contributed by atoms with van der Waals surface area (Å²) in [5.41, 5.74) is 3.43. The van der Waals surface area contributed by atoms with Crippen LogP contribution in [0.15, 0.2) is 43.2 Å². The predicted octanol–water partition coefficient (Wildman–Crippen LogP) is 3.29. The molecule has 0 atom stereocenters. The second kappa shape index (κ2) is 7.09. The Hall–Kier alpha value is -2.63. The molecular weight excluding hydrogens is 288 g/mol. The van der Waals surface area contributed by atoms with Crippen LogP contribution in [0.4, 0.5) is 5.82 Å². The Labute approximate surface area is 136 Å². The van der Waals surface area contributed by atoms with Crippen LogP contribution in [0.25, 0.3) is 11.1 Å². The molecule has 3 rings (SSSR count). The molecule has 120 valence electrons. The zero-order valence-corrected chi connectivity index (χ0v) is 13.5. The molecule has 0 aliphatic heterocycles. The Morgan fingerprint density at radius 3 is 3.00 bits per heavy atom. The van der Waals surface area contributed by atoms with Crippen molar-refractivity contribution >= 4 is 5.82 Å². The third-order valence-electron chi connectivity index (χ3n) is 3.78. The van der Waals surface area contributed by atoms with Crippen molar-refractivity contribution in [2.45, 2.75) is 32.7 Å². The van der Waals surface area contributed by atoms with Crippen molar-refractivity contribution < 1.29 is 0 Å². The number of anilines is 1. The summed E-state index contributed by atoms with van der Waals surface area (Å²) in [5, 5.41) is 10.7. The maximum atomic E-state index is 4.40. The van der Waals surface area contributed by atoms with Crippen LogP contribution in [0.2, 0.25) is 0 Å². The number of hydrogen-bond acceptors (Lipinski definition) is 4. The van der Waals surface area contributed by atoms with Crippen molar-refractivity contribution in [1.29, 1.82) is 0 Å². The zero-order chi connectivity index (χ0) is 16.1. The normalized spacial score (nSPS) is 11.1. The number of rotatable bonds is 7. The second-order valence-corrected chi connectivity index (χ2v) is 5.86. The predicted molar refractivity (Wildman–Crippen MR) is 91.2 cm³/mol. The van der Waals surface area contributed by atoms with Crippen LogP contribution in [-0.4, -0.2) is 31.3 Å². The summed E-state index contributed by atoms with van der Waals surface area (Å²) >= 11 is 0. The maximum Gasteiger partial charge on any atom is 0.126 e. The lowest BCUT2D eigenvalue weighted by atomic mass is 10.0. The van der Waals surface area contributed by atoms with Gasteiger partial charge < -0.3 is 9.88 Å². The molecule has 23 heavy (non-hydrogen) atoms. The van der Waals surface area contributed by atoms with Gasteiger partial charge in [-0.3, -0.25) is 5.10 Å². The minimum atomic E-state index is 0.409. The SMILES string of the molecule is CC(C)c1[nH]ncc1-c1ccnc(NCCCn2ccnc2)c1. The summed E-state index contributed by atoms with van der Waals surface area (Å²) in [7, 11) is 0. The second-order valence-electron chi connectivity index (χ2n) is 5.86. The van der Waals surface area contributed by atoms with Gasteiger partial charge in [-0.25, -0.2) is 9.97 Å². The molecule has 0 aromatic carbocycles. The Bertz CT molecular complexity index is 729. The first-order valence-electron chi connectivity index (χ1n) is 7.93. The molecule has 0 bridgehead atoms. The van der Waals surface area contributed by atoms with E-state index in [2.05, 4.69) is 50.0 Å². The van der Waals surface area contributed by atoms with Crippen LogP contribution < -0.4 is 5.32 Å². The lowest BCUT2D eigenvalue weighted by Gasteiger charge is -2.09. The van der Waals surface area contributed by atoms with Crippen LogP contribution >= 0.6 is 0 Å². The number of nitrogens with zero attached hydrogens (tertiary/aromatic N) is 4. The number of hydrogen-bond donors (Lipinski definition) is 2. The molecular formula is C17H22N6. The van der Waals surface area contributed by atoms with E-state index < -0.39 is 0 Å². The van der Waals surface area contributed by atoms with E-state index in [4.69, 9.17) is 0 Å². The Balaban J connectivity index is 1.62. The number of aryl methyl sites for hydroxylation is 1. The summed E-state index contributed by atoms with van der Waals surface area (Å²) in [6.07, 6.45) is 10.4. The van der Waals surface area contributed by atoms with Gasteiger partial charge in [0.15, 0.2) is 0 Å². The lowest BCUT2D eigenvalue weighted by molar-refractivity contribution is 0.660. The number of imidazole rings is 1. The van der Waals surface area contributed by atoms with Crippen LogP contribution in [-0.2, 0) is 6.54 Å². The van der Waals surface area contributed by atoms with Crippen molar-refractivity contribution in [3.63, 3.8) is 0 Å². The van der Waals surface area contributed by atoms with Crippen molar-refractivity contribution in [3.8, 4) is 11.1 Å². The first-order valence-corrected chi connectivity index (χ1v) is 7.93. The highest BCUT2D eigenvalue weighted by Crippen LogP contribution is 2.28. The topological polar surface area (TPSA) is 71.4 Å². The minimum Gasteiger partial charge on any atom is -0.370 e. The number of aromatic nitrogens is 5. The van der Waals surface area contributed by atoms with Gasteiger partial charge >= 0.3 is 0 Å². The molecule has 2 N–H and O–H groups in total. The van der Waals surface area contributed by atoms with E-state index in [0.29, 0.717) is 5.92 Å². The zero-order valence-electron chi connectivity index (χ0n) is 13.5. The minimum absolute atomic E-state index is 0.409. The fourth-order valence-electron chi connectivity index (χ4n) is 2.56. The first-order chi connectivity index (χ1) is 11.2. The smallest absolute Gasteiger partial charge is 0.126 e. The standard InChI is InChI=1S/C17H22N6/c1-13(2)17-15(11-21-22-17)14-4-6-20-16(10-14)19-5-3-8-23-9-7-18-12-23/h4,6-7,9-13H,3,5,8H2,1-2H3,(H,19,20)(H,21,22). The van der Waals surface area contributed by atoms with Crippen molar-refractivity contribution in [3.05, 3.63) is 48.9 Å². The fourth-order valence-corrected chi connectivity index (χ4v) is 2.56. The Morgan fingerprint density at radius 2 is 2.22 bits per heavy atom. The number of aromatic amines is 1. The monoisotopic (exact) mass is 310 g/mol. The summed E-state index contributed by atoms with van der Waals surface area (Å²) in [6.45, 7) is 6.14. The van der Waals surface area contributed by atoms with Gasteiger partial charge in [0, 0.05) is 42.9 Å². The van der Waals surface area contributed by atoms with E-state index >= 15 is 0 Å². The number of pyridine rings is 1. The first kappa shape index (κ1) is 15.3. The molecule has 6 heteroatoms. The molecule has 0 fully saturated rings. The molecule has 0 amide bonds. The lowest BCUT2D eigenvalue weighted by Crippen LogP contribution is -2.06. The highest BCUT2D eigenvalue weighted by atomic mass is 15.1. The molecule has 0 aliphatic rings. The summed E-state index contributed by atoms with van der Waals surface area (Å²) < 4.78 is 2.08. The third-order valence-corrected chi connectivity index (χ3v) is 3.78. The summed E-state index contributed by atoms with van der Waals surface area (Å²) in [5.74, 6) is 1.30. The van der Waals surface area contributed by atoms with E-state index in [9.17, 15) is 0 Å². The van der Waals surface area contributed by atoms with Gasteiger partial charge in [-0.05, 0) is 30.0 Å². The van der Waals surface area contributed by atoms with Crippen LogP contribution in [0.5, 0.6) is 0 Å². The van der Waals surface area contributed by atoms with Gasteiger partial charge in [0.1, 0.15) is 5.82 Å². The van der Waals surface area contributed by atoms with E-state index in [1.165, 1.54) is 0 Å². The van der Waals surface area contributed by atoms with E-state index in [-0.39, 0.29) is 0 Å². The van der Waals surface area contributed by atoms with Crippen LogP contribution in [0.1, 0.15) is 31.9 Å². The van der Waals surface area contributed by atoms with Gasteiger partial charge in [0.05, 0.1) is 12.5 Å². The Morgan fingerprint density at radius 1 is 1.30 bits per heavy atom. The molecule has 0 saturated heterocycles. The van der Waals surface area contributed by atoms with Gasteiger partial charge in [0.25, 0.3) is 0 Å². The summed E-state index contributed by atoms with van der Waals surface area (Å²) in [6, 6.07) is 4.10. The maximum absolute atomic E-state index is 4.40. The fraction of sp³-hybridized carbons (Fsp3) is 0.353. The highest BCUT2D eigenvalue weighted by molar-refractivity contribution is 5.68. The molecule has 3 aromatic heterocycles. The van der Waals surface area contributed by atoms with Crippen LogP contribution in [0.3, 0.4) is 0 Å². The molecule has 0 spiro atoms. The number of nitrogens with one attached hydrogen (secondary N) is 2. The van der Waals surface area contributed by atoms with Gasteiger partial charge in [-0.1, -0.05) is 13.8 Å². The molecule has 0 unspecified atom stereocenters. The van der Waals surface area contributed by atoms with E-state index in [1.807, 2.05) is 31.0 Å². The van der Waals surface area contributed by atoms with Gasteiger partial charge in [-0.15, -0.1) is 0 Å². The van der Waals surface area contributed by atoms with Crippen molar-refractivity contribution in [2.24, 2.45) is 0 Å². The molecule has 3 heterocycles. The number of H-pyrrole nitrogens is 1. The molecule has 0 aliphatic carbocycles. The molecule has 0 radical (unpaired) electrons. The average molecular weight is 310 g/mol. The quantitative estimate of drug-likeness (QED) is 0.657. The van der Waals surface area contributed by atoms with Crippen LogP contribution in [0, 0.1) is 0 Å². The largest absolute Gasteiger partial charge is 0.370 e. The van der Waals surface area contributed by atoms with E-state index in [1.54, 1.807) is 6.20 Å². The molecule has 6 nitrogen and oxygen atoms in total. The van der Waals surface area contributed by atoms with Crippen molar-refractivity contribution in [1.82, 2.24) is 24.7 Å².